The maximum Gasteiger partial charge on any atom is 0.333 e. The van der Waals surface area contributed by atoms with Gasteiger partial charge in [0.1, 0.15) is 11.6 Å². The molecule has 1 aliphatic rings. The Labute approximate surface area is 177 Å². The molecular formula is C23H20FN3O4. The normalized spacial score (nSPS) is 13.2. The van der Waals surface area contributed by atoms with Crippen molar-refractivity contribution in [3.63, 3.8) is 0 Å². The fourth-order valence-electron chi connectivity index (χ4n) is 3.57. The number of aryl methyl sites for hydroxylation is 1. The number of rotatable bonds is 6. The zero-order valence-electron chi connectivity index (χ0n) is 16.6. The summed E-state index contributed by atoms with van der Waals surface area (Å²) in [6.45, 7) is 0.665. The first-order chi connectivity index (χ1) is 14.9. The third kappa shape index (κ3) is 4.23. The Hall–Kier alpha value is -3.81. The molecule has 1 amide bonds. The Bertz CT molecular complexity index is 1190. The van der Waals surface area contributed by atoms with Gasteiger partial charge in [-0.25, -0.2) is 18.7 Å². The first-order valence-electron chi connectivity index (χ1n) is 9.90. The van der Waals surface area contributed by atoms with Crippen LogP contribution in [0.5, 0.6) is 5.75 Å². The number of aromatic nitrogens is 2. The minimum atomic E-state index is -0.946. The maximum absolute atomic E-state index is 13.0. The van der Waals surface area contributed by atoms with E-state index in [0.29, 0.717) is 19.5 Å². The van der Waals surface area contributed by atoms with Crippen molar-refractivity contribution in [2.24, 2.45) is 0 Å². The van der Waals surface area contributed by atoms with Gasteiger partial charge >= 0.3 is 11.6 Å². The third-order valence-corrected chi connectivity index (χ3v) is 5.23. The van der Waals surface area contributed by atoms with Crippen molar-refractivity contribution in [2.75, 3.05) is 6.54 Å². The smallest absolute Gasteiger partial charge is 0.333 e. The molecule has 2 heterocycles. The zero-order valence-corrected chi connectivity index (χ0v) is 16.6. The Morgan fingerprint density at radius 2 is 1.74 bits per heavy atom. The summed E-state index contributed by atoms with van der Waals surface area (Å²) in [7, 11) is 0. The first kappa shape index (κ1) is 20.5. The summed E-state index contributed by atoms with van der Waals surface area (Å²) in [4.78, 5) is 43.8. The van der Waals surface area contributed by atoms with Gasteiger partial charge in [-0.15, -0.1) is 0 Å². The van der Waals surface area contributed by atoms with Crippen LogP contribution in [0.1, 0.15) is 33.9 Å². The topological polar surface area (TPSA) is 92.5 Å². The summed E-state index contributed by atoms with van der Waals surface area (Å²) < 4.78 is 13.8. The Balaban J connectivity index is 1.55. The Morgan fingerprint density at radius 1 is 1.03 bits per heavy atom. The highest BCUT2D eigenvalue weighted by molar-refractivity contribution is 5.97. The highest BCUT2D eigenvalue weighted by Gasteiger charge is 2.30. The van der Waals surface area contributed by atoms with Crippen LogP contribution in [0, 0.1) is 5.82 Å². The van der Waals surface area contributed by atoms with Crippen molar-refractivity contribution in [3.05, 3.63) is 93.4 Å². The van der Waals surface area contributed by atoms with Gasteiger partial charge in [0.15, 0.2) is 11.5 Å². The number of benzene rings is 2. The average Bonchev–Trinajstić information content (AvgIpc) is 2.78. The van der Waals surface area contributed by atoms with E-state index in [1.807, 2.05) is 30.3 Å². The van der Waals surface area contributed by atoms with E-state index in [0.717, 1.165) is 15.7 Å². The summed E-state index contributed by atoms with van der Waals surface area (Å²) in [5.41, 5.74) is 0.383. The quantitative estimate of drug-likeness (QED) is 0.618. The number of hydrogen-bond acceptors (Lipinski definition) is 5. The molecule has 0 radical (unpaired) electrons. The van der Waals surface area contributed by atoms with E-state index in [-0.39, 0.29) is 30.2 Å². The molecule has 0 fully saturated rings. The summed E-state index contributed by atoms with van der Waals surface area (Å²) >= 11 is 0. The molecule has 0 spiro atoms. The highest BCUT2D eigenvalue weighted by Crippen LogP contribution is 2.19. The molecule has 1 aromatic heterocycles. The minimum Gasteiger partial charge on any atom is -0.501 e. The number of carbonyl (C=O) groups excluding carboxylic acids is 2. The van der Waals surface area contributed by atoms with Crippen molar-refractivity contribution in [3.8, 4) is 5.75 Å². The molecule has 8 heteroatoms. The molecule has 7 nitrogen and oxygen atoms in total. The van der Waals surface area contributed by atoms with E-state index in [2.05, 4.69) is 4.98 Å². The number of amides is 1. The lowest BCUT2D eigenvalue weighted by molar-refractivity contribution is 0.0973. The summed E-state index contributed by atoms with van der Waals surface area (Å²) in [5.74, 6) is -1.56. The second kappa shape index (κ2) is 8.51. The van der Waals surface area contributed by atoms with Crippen LogP contribution in [0.2, 0.25) is 0 Å². The number of halogens is 1. The van der Waals surface area contributed by atoms with Crippen LogP contribution >= 0.6 is 0 Å². The monoisotopic (exact) mass is 421 g/mol. The molecule has 0 saturated heterocycles. The standard InChI is InChI=1S/C23H20FN3O4/c24-17-9-6-15(7-10-17)8-11-18(28)20-21(29)22(30)27-19(25-20)12-13-26(23(27)31)14-16-4-2-1-3-5-16/h1-7,9-10,29H,8,11-14H2. The molecule has 0 atom stereocenters. The van der Waals surface area contributed by atoms with E-state index in [1.165, 1.54) is 17.0 Å². The van der Waals surface area contributed by atoms with Crippen LogP contribution in [0.25, 0.3) is 0 Å². The number of hydrogen-bond donors (Lipinski definition) is 1. The second-order valence-corrected chi connectivity index (χ2v) is 7.36. The van der Waals surface area contributed by atoms with Crippen LogP contribution in [-0.4, -0.2) is 37.9 Å². The van der Waals surface area contributed by atoms with Crippen LogP contribution in [-0.2, 0) is 19.4 Å². The van der Waals surface area contributed by atoms with E-state index >= 15 is 0 Å². The number of Topliss-reactive ketones (excluding diaryl/α,β-unsaturated/α-hetero) is 1. The maximum atomic E-state index is 13.0. The number of aromatic hydroxyl groups is 1. The van der Waals surface area contributed by atoms with Crippen LogP contribution in [0.4, 0.5) is 9.18 Å². The van der Waals surface area contributed by atoms with Gasteiger partial charge in [0, 0.05) is 25.9 Å². The summed E-state index contributed by atoms with van der Waals surface area (Å²) in [6.07, 6.45) is 0.581. The molecule has 2 aromatic carbocycles. The lowest BCUT2D eigenvalue weighted by Gasteiger charge is -2.29. The Kier molecular flexibility index (Phi) is 5.62. The molecule has 0 bridgehead atoms. The predicted octanol–water partition coefficient (Wildman–Crippen LogP) is 2.93. The molecule has 1 N–H and O–H groups in total. The largest absolute Gasteiger partial charge is 0.501 e. The molecule has 1 aliphatic heterocycles. The van der Waals surface area contributed by atoms with E-state index in [4.69, 9.17) is 0 Å². The minimum absolute atomic E-state index is 0.0107. The predicted molar refractivity (Wildman–Crippen MR) is 111 cm³/mol. The van der Waals surface area contributed by atoms with Crippen molar-refractivity contribution in [2.45, 2.75) is 25.8 Å². The van der Waals surface area contributed by atoms with E-state index in [9.17, 15) is 23.9 Å². The SMILES string of the molecule is O=C(CCc1ccc(F)cc1)c1nc2n(c(=O)c1O)C(=O)N(Cc1ccccc1)CC2. The Morgan fingerprint density at radius 3 is 2.45 bits per heavy atom. The molecule has 0 unspecified atom stereocenters. The lowest BCUT2D eigenvalue weighted by atomic mass is 10.1. The molecule has 4 rings (SSSR count). The summed E-state index contributed by atoms with van der Waals surface area (Å²) in [6, 6.07) is 14.5. The average molecular weight is 421 g/mol. The van der Waals surface area contributed by atoms with Gasteiger partial charge < -0.3 is 10.0 Å². The fourth-order valence-corrected chi connectivity index (χ4v) is 3.57. The van der Waals surface area contributed by atoms with E-state index < -0.39 is 23.1 Å². The molecule has 158 valence electrons. The molecule has 31 heavy (non-hydrogen) atoms. The van der Waals surface area contributed by atoms with Crippen molar-refractivity contribution in [1.29, 1.82) is 0 Å². The lowest BCUT2D eigenvalue weighted by Crippen LogP contribution is -2.47. The number of nitrogens with zero attached hydrogens (tertiary/aromatic N) is 3. The fraction of sp³-hybridized carbons (Fsp3) is 0.217. The second-order valence-electron chi connectivity index (χ2n) is 7.36. The first-order valence-corrected chi connectivity index (χ1v) is 9.90. The van der Waals surface area contributed by atoms with Crippen molar-refractivity contribution in [1.82, 2.24) is 14.5 Å². The molecular weight excluding hydrogens is 401 g/mol. The zero-order chi connectivity index (χ0) is 22.0. The van der Waals surface area contributed by atoms with Crippen LogP contribution in [0.3, 0.4) is 0 Å². The van der Waals surface area contributed by atoms with Crippen molar-refractivity contribution >= 4 is 11.8 Å². The third-order valence-electron chi connectivity index (χ3n) is 5.23. The molecule has 0 aliphatic carbocycles. The van der Waals surface area contributed by atoms with Gasteiger partial charge in [-0.3, -0.25) is 9.59 Å². The van der Waals surface area contributed by atoms with Gasteiger partial charge in [-0.1, -0.05) is 42.5 Å². The van der Waals surface area contributed by atoms with Crippen LogP contribution < -0.4 is 5.56 Å². The van der Waals surface area contributed by atoms with Gasteiger partial charge in [0.05, 0.1) is 0 Å². The van der Waals surface area contributed by atoms with Gasteiger partial charge in [-0.05, 0) is 29.7 Å². The van der Waals surface area contributed by atoms with Crippen LogP contribution in [0.15, 0.2) is 59.4 Å². The van der Waals surface area contributed by atoms with Crippen molar-refractivity contribution < 1.29 is 19.1 Å². The van der Waals surface area contributed by atoms with Gasteiger partial charge in [-0.2, -0.15) is 0 Å². The molecule has 3 aromatic rings. The molecule has 0 saturated carbocycles. The number of carbonyl (C=O) groups is 2. The van der Waals surface area contributed by atoms with Gasteiger partial charge in [0.2, 0.25) is 5.75 Å². The van der Waals surface area contributed by atoms with E-state index in [1.54, 1.807) is 12.1 Å². The van der Waals surface area contributed by atoms with Gasteiger partial charge in [0.25, 0.3) is 0 Å². The summed E-state index contributed by atoms with van der Waals surface area (Å²) in [5, 5.41) is 10.3. The highest BCUT2D eigenvalue weighted by atomic mass is 19.1. The number of ketones is 1. The number of fused-ring (bicyclic) bond motifs is 1.